The second-order valence-corrected chi connectivity index (χ2v) is 7.49. The summed E-state index contributed by atoms with van der Waals surface area (Å²) >= 11 is 1.19. The van der Waals surface area contributed by atoms with Crippen LogP contribution in [-0.4, -0.2) is 39.5 Å². The van der Waals surface area contributed by atoms with Crippen molar-refractivity contribution in [3.05, 3.63) is 54.1 Å². The quantitative estimate of drug-likeness (QED) is 0.538. The number of carbonyl (C=O) groups excluding carboxylic acids is 1. The number of thioether (sulfide) groups is 1. The van der Waals surface area contributed by atoms with Gasteiger partial charge in [0.2, 0.25) is 5.91 Å². The fraction of sp³-hybridized carbons (Fsp3) is 0.286. The van der Waals surface area contributed by atoms with Crippen molar-refractivity contribution in [1.29, 1.82) is 0 Å². The summed E-state index contributed by atoms with van der Waals surface area (Å²) < 4.78 is 28.4. The molecule has 3 aromatic rings. The van der Waals surface area contributed by atoms with E-state index in [1.54, 1.807) is 0 Å². The average molecular weight is 432 g/mol. The van der Waals surface area contributed by atoms with E-state index in [-0.39, 0.29) is 11.4 Å². The van der Waals surface area contributed by atoms with E-state index < -0.39 is 17.5 Å². The molecule has 1 N–H and O–H groups in total. The third-order valence-corrected chi connectivity index (χ3v) is 5.65. The van der Waals surface area contributed by atoms with Gasteiger partial charge < -0.3 is 14.8 Å². The number of anilines is 2. The van der Waals surface area contributed by atoms with E-state index in [1.807, 2.05) is 23.7 Å². The molecule has 1 amide bonds. The maximum atomic E-state index is 13.7. The molecule has 0 saturated carbocycles. The molecular formula is C21H23F2N5OS. The Hall–Kier alpha value is -2.94. The number of benzene rings is 2. The van der Waals surface area contributed by atoms with Gasteiger partial charge in [-0.3, -0.25) is 4.79 Å². The summed E-state index contributed by atoms with van der Waals surface area (Å²) in [5.41, 5.74) is 2.00. The summed E-state index contributed by atoms with van der Waals surface area (Å²) in [6, 6.07) is 11.1. The number of carbonyl (C=O) groups is 1. The smallest absolute Gasteiger partial charge is 0.234 e. The highest BCUT2D eigenvalue weighted by molar-refractivity contribution is 7.99. The first-order valence-electron chi connectivity index (χ1n) is 9.55. The van der Waals surface area contributed by atoms with Gasteiger partial charge in [0, 0.05) is 37.5 Å². The molecule has 0 saturated heterocycles. The van der Waals surface area contributed by atoms with E-state index in [0.29, 0.717) is 11.0 Å². The number of halogens is 2. The molecule has 0 atom stereocenters. The van der Waals surface area contributed by atoms with Crippen LogP contribution in [0, 0.1) is 11.6 Å². The third kappa shape index (κ3) is 4.96. The van der Waals surface area contributed by atoms with E-state index in [4.69, 9.17) is 0 Å². The lowest BCUT2D eigenvalue weighted by molar-refractivity contribution is -0.113. The minimum Gasteiger partial charge on any atom is -0.372 e. The zero-order chi connectivity index (χ0) is 21.7. The Labute approximate surface area is 178 Å². The highest BCUT2D eigenvalue weighted by Gasteiger charge is 2.14. The van der Waals surface area contributed by atoms with Crippen LogP contribution in [0.3, 0.4) is 0 Å². The SMILES string of the molecule is CCN(CC)c1ccc(-c2nnc(SCC(=O)Nc3ccc(F)cc3F)n2C)cc1. The number of nitrogens with one attached hydrogen (secondary N) is 1. The summed E-state index contributed by atoms with van der Waals surface area (Å²) in [7, 11) is 1.83. The van der Waals surface area contributed by atoms with Crippen molar-refractivity contribution < 1.29 is 13.6 Å². The van der Waals surface area contributed by atoms with Crippen LogP contribution in [0.4, 0.5) is 20.2 Å². The number of hydrogen-bond acceptors (Lipinski definition) is 5. The molecule has 6 nitrogen and oxygen atoms in total. The fourth-order valence-corrected chi connectivity index (χ4v) is 3.72. The summed E-state index contributed by atoms with van der Waals surface area (Å²) in [6.07, 6.45) is 0. The zero-order valence-corrected chi connectivity index (χ0v) is 17.8. The maximum absolute atomic E-state index is 13.7. The summed E-state index contributed by atoms with van der Waals surface area (Å²) in [5.74, 6) is -1.23. The number of hydrogen-bond donors (Lipinski definition) is 1. The largest absolute Gasteiger partial charge is 0.372 e. The molecule has 30 heavy (non-hydrogen) atoms. The summed E-state index contributed by atoms with van der Waals surface area (Å²) in [4.78, 5) is 14.4. The Balaban J connectivity index is 1.64. The maximum Gasteiger partial charge on any atom is 0.234 e. The molecule has 0 aliphatic heterocycles. The van der Waals surface area contributed by atoms with Gasteiger partial charge in [-0.1, -0.05) is 11.8 Å². The molecule has 0 fully saturated rings. The van der Waals surface area contributed by atoms with Crippen molar-refractivity contribution in [3.8, 4) is 11.4 Å². The van der Waals surface area contributed by atoms with Crippen LogP contribution in [0.5, 0.6) is 0 Å². The first-order valence-corrected chi connectivity index (χ1v) is 10.5. The molecular weight excluding hydrogens is 408 g/mol. The Kier molecular flexibility index (Phi) is 7.04. The Bertz CT molecular complexity index is 1020. The molecule has 0 radical (unpaired) electrons. The minimum atomic E-state index is -0.817. The predicted octanol–water partition coefficient (Wildman–Crippen LogP) is 4.34. The second-order valence-electron chi connectivity index (χ2n) is 6.55. The van der Waals surface area contributed by atoms with Crippen LogP contribution in [-0.2, 0) is 11.8 Å². The van der Waals surface area contributed by atoms with E-state index in [1.165, 1.54) is 17.8 Å². The number of amides is 1. The molecule has 9 heteroatoms. The molecule has 1 heterocycles. The molecule has 158 valence electrons. The summed E-state index contributed by atoms with van der Waals surface area (Å²) in [6.45, 7) is 6.10. The van der Waals surface area contributed by atoms with Gasteiger partial charge >= 0.3 is 0 Å². The first-order chi connectivity index (χ1) is 14.4. The van der Waals surface area contributed by atoms with E-state index in [2.05, 4.69) is 46.4 Å². The molecule has 0 unspecified atom stereocenters. The molecule has 0 aliphatic carbocycles. The normalized spacial score (nSPS) is 10.8. The van der Waals surface area contributed by atoms with Crippen molar-refractivity contribution in [2.24, 2.45) is 7.05 Å². The van der Waals surface area contributed by atoms with Gasteiger partial charge in [-0.2, -0.15) is 0 Å². The number of aromatic nitrogens is 3. The van der Waals surface area contributed by atoms with E-state index in [9.17, 15) is 13.6 Å². The predicted molar refractivity (Wildman–Crippen MR) is 116 cm³/mol. The van der Waals surface area contributed by atoms with E-state index in [0.717, 1.165) is 36.5 Å². The van der Waals surface area contributed by atoms with Gasteiger partial charge in [0.25, 0.3) is 0 Å². The molecule has 0 aliphatic rings. The topological polar surface area (TPSA) is 63.1 Å². The zero-order valence-electron chi connectivity index (χ0n) is 17.0. The lowest BCUT2D eigenvalue weighted by Crippen LogP contribution is -2.21. The standard InChI is InChI=1S/C21H23F2N5OS/c1-4-28(5-2)16-9-6-14(7-10-16)20-25-26-21(27(20)3)30-13-19(29)24-18-11-8-15(22)12-17(18)23/h6-12H,4-5,13H2,1-3H3,(H,24,29). The van der Waals surface area contributed by atoms with Crippen LogP contribution < -0.4 is 10.2 Å². The molecule has 3 rings (SSSR count). The van der Waals surface area contributed by atoms with Crippen molar-refractivity contribution >= 4 is 29.0 Å². The van der Waals surface area contributed by atoms with Gasteiger partial charge in [0.15, 0.2) is 11.0 Å². The van der Waals surface area contributed by atoms with Crippen molar-refractivity contribution in [2.75, 3.05) is 29.1 Å². The van der Waals surface area contributed by atoms with E-state index >= 15 is 0 Å². The average Bonchev–Trinajstić information content (AvgIpc) is 3.10. The van der Waals surface area contributed by atoms with Gasteiger partial charge in [-0.25, -0.2) is 8.78 Å². The Morgan fingerprint density at radius 3 is 2.43 bits per heavy atom. The van der Waals surface area contributed by atoms with Crippen molar-refractivity contribution in [2.45, 2.75) is 19.0 Å². The lowest BCUT2D eigenvalue weighted by Gasteiger charge is -2.21. The highest BCUT2D eigenvalue weighted by Crippen LogP contribution is 2.25. The number of nitrogens with zero attached hydrogens (tertiary/aromatic N) is 4. The molecule has 0 spiro atoms. The molecule has 2 aromatic carbocycles. The van der Waals surface area contributed by atoms with Crippen LogP contribution in [0.1, 0.15) is 13.8 Å². The van der Waals surface area contributed by atoms with Crippen molar-refractivity contribution in [3.63, 3.8) is 0 Å². The monoisotopic (exact) mass is 431 g/mol. The first kappa shape index (κ1) is 21.8. The molecule has 1 aromatic heterocycles. The van der Waals surface area contributed by atoms with Crippen LogP contribution in [0.2, 0.25) is 0 Å². The second kappa shape index (κ2) is 9.71. The van der Waals surface area contributed by atoms with Crippen LogP contribution >= 0.6 is 11.8 Å². The Morgan fingerprint density at radius 2 is 1.80 bits per heavy atom. The van der Waals surface area contributed by atoms with Crippen molar-refractivity contribution in [1.82, 2.24) is 14.8 Å². The number of rotatable bonds is 8. The molecule has 0 bridgehead atoms. The fourth-order valence-electron chi connectivity index (χ4n) is 3.01. The van der Waals surface area contributed by atoms with Crippen LogP contribution in [0.15, 0.2) is 47.6 Å². The van der Waals surface area contributed by atoms with Gasteiger partial charge in [-0.05, 0) is 50.2 Å². The van der Waals surface area contributed by atoms with Gasteiger partial charge in [0.05, 0.1) is 11.4 Å². The minimum absolute atomic E-state index is 0.0175. The van der Waals surface area contributed by atoms with Gasteiger partial charge in [0.1, 0.15) is 11.6 Å². The summed E-state index contributed by atoms with van der Waals surface area (Å²) in [5, 5.41) is 11.4. The van der Waals surface area contributed by atoms with Crippen LogP contribution in [0.25, 0.3) is 11.4 Å². The van der Waals surface area contributed by atoms with Gasteiger partial charge in [-0.15, -0.1) is 10.2 Å². The third-order valence-electron chi connectivity index (χ3n) is 4.63. The highest BCUT2D eigenvalue weighted by atomic mass is 32.2. The Morgan fingerprint density at radius 1 is 1.10 bits per heavy atom. The lowest BCUT2D eigenvalue weighted by atomic mass is 10.2.